The summed E-state index contributed by atoms with van der Waals surface area (Å²) in [6.45, 7) is 8.96. The van der Waals surface area contributed by atoms with Crippen molar-refractivity contribution in [1.82, 2.24) is 49.8 Å². The predicted molar refractivity (Wildman–Crippen MR) is 184 cm³/mol. The SMILES string of the molecule is C=CO/N=[N+](\[O-])N1CCN(C(=O)OCc2nnn3c2-c2c(COC(=O)N4CCN(/[N+]([O-])=N/OC=C)CC4)nnn2CC2(COC(c4ccccc4)OC2)C3)CC1. The average molecular weight is 781 g/mol. The number of ether oxygens (including phenoxy) is 4. The lowest BCUT2D eigenvalue weighted by Crippen LogP contribution is -2.50. The van der Waals surface area contributed by atoms with Crippen LogP contribution >= 0.6 is 0 Å². The average Bonchev–Trinajstić information content (AvgIpc) is 3.78. The summed E-state index contributed by atoms with van der Waals surface area (Å²) in [5, 5.41) is 51.2. The van der Waals surface area contributed by atoms with Crippen LogP contribution in [0, 0.1) is 15.8 Å². The van der Waals surface area contributed by atoms with E-state index in [9.17, 15) is 20.0 Å². The van der Waals surface area contributed by atoms with Gasteiger partial charge in [-0.2, -0.15) is 0 Å². The minimum atomic E-state index is -0.648. The molecule has 0 bridgehead atoms. The van der Waals surface area contributed by atoms with Gasteiger partial charge in [0.1, 0.15) is 48.5 Å². The van der Waals surface area contributed by atoms with Crippen LogP contribution in [0.3, 0.4) is 0 Å². The minimum Gasteiger partial charge on any atom is -0.569 e. The molecule has 0 N–H and O–H groups in total. The molecule has 0 unspecified atom stereocenters. The fourth-order valence-corrected chi connectivity index (χ4v) is 6.69. The molecule has 24 nitrogen and oxygen atoms in total. The summed E-state index contributed by atoms with van der Waals surface area (Å²) in [5.74, 6) is 0. The first-order valence-corrected chi connectivity index (χ1v) is 17.6. The smallest absolute Gasteiger partial charge is 0.410 e. The largest absolute Gasteiger partial charge is 0.569 e. The number of amides is 2. The third-order valence-corrected chi connectivity index (χ3v) is 9.52. The van der Waals surface area contributed by atoms with E-state index in [1.807, 2.05) is 30.3 Å². The van der Waals surface area contributed by atoms with E-state index in [1.54, 1.807) is 9.36 Å². The van der Waals surface area contributed by atoms with Crippen LogP contribution in [-0.2, 0) is 54.9 Å². The summed E-state index contributed by atoms with van der Waals surface area (Å²) in [6.07, 6.45) is 0.264. The van der Waals surface area contributed by atoms with E-state index >= 15 is 0 Å². The van der Waals surface area contributed by atoms with Gasteiger partial charge in [-0.05, 0) is 0 Å². The van der Waals surface area contributed by atoms with Gasteiger partial charge >= 0.3 is 12.2 Å². The molecule has 1 spiro atoms. The molecular weight excluding hydrogens is 740 g/mol. The summed E-state index contributed by atoms with van der Waals surface area (Å²) in [6, 6.07) is 9.62. The van der Waals surface area contributed by atoms with Gasteiger partial charge < -0.3 is 48.8 Å². The predicted octanol–water partition coefficient (Wildman–Crippen LogP) is 1.70. The third-order valence-electron chi connectivity index (χ3n) is 9.52. The highest BCUT2D eigenvalue weighted by molar-refractivity contribution is 5.69. The quantitative estimate of drug-likeness (QED) is 0.116. The summed E-state index contributed by atoms with van der Waals surface area (Å²) in [4.78, 5) is 39.1. The summed E-state index contributed by atoms with van der Waals surface area (Å²) >= 11 is 0. The molecule has 24 heteroatoms. The highest BCUT2D eigenvalue weighted by atomic mass is 16.7. The number of hydrogen-bond donors (Lipinski definition) is 0. The second kappa shape index (κ2) is 16.8. The second-order valence-electron chi connectivity index (χ2n) is 13.2. The van der Waals surface area contributed by atoms with Crippen LogP contribution in [0.1, 0.15) is 23.2 Å². The van der Waals surface area contributed by atoms with Crippen molar-refractivity contribution in [3.8, 4) is 11.4 Å². The molecule has 0 saturated carbocycles. The zero-order chi connectivity index (χ0) is 39.1. The molecule has 3 fully saturated rings. The Bertz CT molecular complexity index is 1820. The van der Waals surface area contributed by atoms with E-state index in [0.29, 0.717) is 59.0 Å². The van der Waals surface area contributed by atoms with Crippen molar-refractivity contribution in [1.29, 1.82) is 0 Å². The molecular formula is C32H40N14O10. The van der Waals surface area contributed by atoms with Crippen LogP contribution < -0.4 is 0 Å². The number of nitrogens with zero attached hydrogens (tertiary/aromatic N) is 14. The first kappa shape index (κ1) is 37.7. The van der Waals surface area contributed by atoms with Gasteiger partial charge in [0.2, 0.25) is 10.6 Å². The molecule has 2 amide bonds. The number of carbonyl (C=O) groups excluding carboxylic acids is 2. The van der Waals surface area contributed by atoms with Gasteiger partial charge in [-0.3, -0.25) is 0 Å². The second-order valence-corrected chi connectivity index (χ2v) is 13.2. The molecule has 3 saturated heterocycles. The van der Waals surface area contributed by atoms with Crippen LogP contribution in [0.15, 0.2) is 66.6 Å². The fourth-order valence-electron chi connectivity index (χ4n) is 6.69. The van der Waals surface area contributed by atoms with Crippen molar-refractivity contribution in [2.24, 2.45) is 16.0 Å². The van der Waals surface area contributed by atoms with Gasteiger partial charge in [-0.15, -0.1) is 20.2 Å². The van der Waals surface area contributed by atoms with Gasteiger partial charge in [0.15, 0.2) is 6.29 Å². The van der Waals surface area contributed by atoms with Crippen LogP contribution in [0.25, 0.3) is 11.4 Å². The lowest BCUT2D eigenvalue weighted by molar-refractivity contribution is -0.710. The van der Waals surface area contributed by atoms with Gasteiger partial charge in [-0.1, -0.05) is 53.9 Å². The number of aromatic nitrogens is 6. The van der Waals surface area contributed by atoms with Crippen molar-refractivity contribution < 1.29 is 48.2 Å². The van der Waals surface area contributed by atoms with Crippen molar-refractivity contribution in [2.45, 2.75) is 32.6 Å². The van der Waals surface area contributed by atoms with E-state index in [-0.39, 0.29) is 65.6 Å². The Morgan fingerprint density at radius 2 is 1.21 bits per heavy atom. The maximum absolute atomic E-state index is 13.2. The number of hydrazine groups is 2. The van der Waals surface area contributed by atoms with Crippen LogP contribution in [-0.4, -0.2) is 138 Å². The van der Waals surface area contributed by atoms with Crippen molar-refractivity contribution in [3.05, 3.63) is 83.4 Å². The molecule has 2 aromatic heterocycles. The summed E-state index contributed by atoms with van der Waals surface area (Å²) in [7, 11) is 0. The van der Waals surface area contributed by atoms with Gasteiger partial charge in [-0.25, -0.2) is 19.0 Å². The molecule has 3 aromatic rings. The Kier molecular flexibility index (Phi) is 11.4. The Labute approximate surface area is 318 Å². The van der Waals surface area contributed by atoms with Crippen LogP contribution in [0.2, 0.25) is 0 Å². The lowest BCUT2D eigenvalue weighted by atomic mass is 9.89. The van der Waals surface area contributed by atoms with E-state index in [1.165, 1.54) is 19.8 Å². The van der Waals surface area contributed by atoms with Crippen molar-refractivity contribution >= 4 is 12.2 Å². The van der Waals surface area contributed by atoms with E-state index < -0.39 is 23.9 Å². The van der Waals surface area contributed by atoms with Crippen LogP contribution in [0.4, 0.5) is 9.59 Å². The molecule has 0 aliphatic carbocycles. The lowest BCUT2D eigenvalue weighted by Gasteiger charge is -2.39. The van der Waals surface area contributed by atoms with Crippen molar-refractivity contribution in [2.75, 3.05) is 65.6 Å². The topological polar surface area (TPSA) is 241 Å². The molecule has 4 aliphatic rings. The van der Waals surface area contributed by atoms with Crippen LogP contribution in [0.5, 0.6) is 0 Å². The normalized spacial score (nSPS) is 21.5. The Balaban J connectivity index is 1.06. The molecule has 4 aliphatic heterocycles. The maximum atomic E-state index is 13.2. The molecule has 0 radical (unpaired) electrons. The zero-order valence-electron chi connectivity index (χ0n) is 30.3. The Morgan fingerprint density at radius 1 is 0.768 bits per heavy atom. The molecule has 7 rings (SSSR count). The monoisotopic (exact) mass is 780 g/mol. The number of benzene rings is 1. The van der Waals surface area contributed by atoms with Gasteiger partial charge in [0, 0.05) is 31.7 Å². The molecule has 56 heavy (non-hydrogen) atoms. The number of rotatable bonds is 11. The maximum Gasteiger partial charge on any atom is 0.410 e. The number of fused-ring (bicyclic) bond motifs is 3. The van der Waals surface area contributed by atoms with E-state index in [4.69, 9.17) is 18.9 Å². The first-order chi connectivity index (χ1) is 27.3. The molecule has 6 heterocycles. The Hall–Kier alpha value is -6.56. The van der Waals surface area contributed by atoms with E-state index in [0.717, 1.165) is 18.1 Å². The number of piperazine rings is 2. The van der Waals surface area contributed by atoms with Crippen molar-refractivity contribution in [3.63, 3.8) is 0 Å². The minimum absolute atomic E-state index is 0.196. The third kappa shape index (κ3) is 8.24. The first-order valence-electron chi connectivity index (χ1n) is 17.6. The highest BCUT2D eigenvalue weighted by Gasteiger charge is 2.44. The highest BCUT2D eigenvalue weighted by Crippen LogP contribution is 2.40. The number of carbonyl (C=O) groups is 2. The van der Waals surface area contributed by atoms with E-state index in [2.05, 4.69) is 54.0 Å². The fraction of sp³-hybridized carbons (Fsp3) is 0.500. The summed E-state index contributed by atoms with van der Waals surface area (Å²) in [5.41, 5.74) is 1.83. The number of hydrogen-bond acceptors (Lipinski definition) is 16. The zero-order valence-corrected chi connectivity index (χ0v) is 30.3. The molecule has 1 aromatic carbocycles. The van der Waals surface area contributed by atoms with Gasteiger partial charge in [0.25, 0.3) is 0 Å². The standard InChI is InChI=1S/C32H40N14O10/c1-3-55-37-45(49)41-14-10-39(11-15-41)30(47)51-18-25-27-28-26(19-52-31(48)40-12-16-42(17-13-40)46(50)38-56-4-2)34-36-44(28)21-32(20-43(27)35-33-25)22-53-29(54-23-32)24-8-6-5-7-9-24/h3-9,29H,1-2,10-23H2/b45-37-,46-38-. The Morgan fingerprint density at radius 3 is 1.64 bits per heavy atom. The molecule has 298 valence electrons. The van der Waals surface area contributed by atoms with Gasteiger partial charge in [0.05, 0.1) is 67.8 Å². The summed E-state index contributed by atoms with van der Waals surface area (Å²) < 4.78 is 27.3. The molecule has 0 atom stereocenters.